The van der Waals surface area contributed by atoms with Gasteiger partial charge in [-0.05, 0) is 55.7 Å². The lowest BCUT2D eigenvalue weighted by molar-refractivity contribution is 0.0746. The molecule has 0 saturated heterocycles. The fourth-order valence-electron chi connectivity index (χ4n) is 4.43. The summed E-state index contributed by atoms with van der Waals surface area (Å²) >= 11 is 0. The van der Waals surface area contributed by atoms with Crippen LogP contribution < -0.4 is 15.0 Å². The van der Waals surface area contributed by atoms with E-state index in [4.69, 9.17) is 9.72 Å². The van der Waals surface area contributed by atoms with Gasteiger partial charge in [-0.25, -0.2) is 24.9 Å². The number of imidazole rings is 1. The highest BCUT2D eigenvalue weighted by molar-refractivity contribution is 5.87. The maximum Gasteiger partial charge on any atom is 0.226 e. The van der Waals surface area contributed by atoms with Crippen molar-refractivity contribution in [3.63, 3.8) is 0 Å². The van der Waals surface area contributed by atoms with E-state index in [-0.39, 0.29) is 12.1 Å². The number of nitrogens with zero attached hydrogens (tertiary/aromatic N) is 7. The number of fused-ring (bicyclic) bond motifs is 2. The molecule has 0 atom stereocenters. The van der Waals surface area contributed by atoms with Crippen molar-refractivity contribution in [2.75, 3.05) is 17.3 Å². The van der Waals surface area contributed by atoms with Gasteiger partial charge in [-0.2, -0.15) is 0 Å². The summed E-state index contributed by atoms with van der Waals surface area (Å²) in [6.45, 7) is 2.00. The van der Waals surface area contributed by atoms with E-state index in [9.17, 15) is 5.11 Å². The van der Waals surface area contributed by atoms with Crippen molar-refractivity contribution in [2.45, 2.75) is 31.9 Å². The Kier molecular flexibility index (Phi) is 5.37. The molecule has 1 aliphatic carbocycles. The van der Waals surface area contributed by atoms with Crippen LogP contribution in [0.15, 0.2) is 55.2 Å². The predicted octanol–water partition coefficient (Wildman–Crippen LogP) is 4.11. The molecule has 5 aromatic rings. The van der Waals surface area contributed by atoms with Crippen LogP contribution in [0.5, 0.6) is 11.5 Å². The number of anilines is 3. The fraction of sp³-hybridized carbons (Fsp3) is 0.269. The zero-order valence-corrected chi connectivity index (χ0v) is 20.3. The number of aliphatic hydroxyl groups excluding tert-OH is 1. The van der Waals surface area contributed by atoms with E-state index in [0.717, 1.165) is 46.6 Å². The van der Waals surface area contributed by atoms with Gasteiger partial charge < -0.3 is 24.6 Å². The molecule has 0 unspecified atom stereocenters. The first kappa shape index (κ1) is 22.2. The molecule has 2 N–H and O–H groups in total. The Bertz CT molecular complexity index is 1580. The molecule has 0 bridgehead atoms. The smallest absolute Gasteiger partial charge is 0.226 e. The van der Waals surface area contributed by atoms with Crippen molar-refractivity contribution < 1.29 is 9.84 Å². The molecule has 6 rings (SSSR count). The topological polar surface area (TPSA) is 114 Å². The summed E-state index contributed by atoms with van der Waals surface area (Å²) in [6, 6.07) is 12.0. The van der Waals surface area contributed by atoms with E-state index in [1.54, 1.807) is 12.5 Å². The molecule has 10 heteroatoms. The molecule has 3 aromatic heterocycles. The Balaban J connectivity index is 1.24. The van der Waals surface area contributed by atoms with Crippen LogP contribution in [0.25, 0.3) is 22.1 Å². The van der Waals surface area contributed by atoms with Gasteiger partial charge in [-0.15, -0.1) is 0 Å². The Labute approximate surface area is 207 Å². The van der Waals surface area contributed by atoms with Crippen molar-refractivity contribution in [2.24, 2.45) is 7.05 Å². The van der Waals surface area contributed by atoms with Gasteiger partial charge in [0.05, 0.1) is 29.7 Å². The van der Waals surface area contributed by atoms with Gasteiger partial charge in [0, 0.05) is 31.9 Å². The van der Waals surface area contributed by atoms with E-state index in [1.807, 2.05) is 66.9 Å². The molecule has 10 nitrogen and oxygen atoms in total. The van der Waals surface area contributed by atoms with Gasteiger partial charge in [0.2, 0.25) is 5.95 Å². The minimum atomic E-state index is -0.244. The fourth-order valence-corrected chi connectivity index (χ4v) is 4.43. The van der Waals surface area contributed by atoms with Crippen LogP contribution in [0, 0.1) is 6.92 Å². The average Bonchev–Trinajstić information content (AvgIpc) is 3.23. The highest BCUT2D eigenvalue weighted by atomic mass is 16.5. The van der Waals surface area contributed by atoms with Crippen molar-refractivity contribution in [1.29, 1.82) is 0 Å². The molecule has 2 aromatic carbocycles. The first-order valence-corrected chi connectivity index (χ1v) is 11.8. The first-order chi connectivity index (χ1) is 17.4. The normalized spacial score (nSPS) is 17.2. The van der Waals surface area contributed by atoms with Crippen LogP contribution in [-0.2, 0) is 7.05 Å². The molecule has 1 fully saturated rings. The maximum absolute atomic E-state index is 9.65. The van der Waals surface area contributed by atoms with E-state index in [2.05, 4.69) is 25.3 Å². The predicted molar refractivity (Wildman–Crippen MR) is 138 cm³/mol. The van der Waals surface area contributed by atoms with Crippen LogP contribution in [0.2, 0.25) is 0 Å². The highest BCUT2D eigenvalue weighted by Crippen LogP contribution is 2.32. The number of nitrogens with one attached hydrogen (secondary N) is 1. The Hall–Kier alpha value is -4.31. The first-order valence-electron chi connectivity index (χ1n) is 11.8. The van der Waals surface area contributed by atoms with E-state index < -0.39 is 0 Å². The van der Waals surface area contributed by atoms with Crippen LogP contribution in [0.1, 0.15) is 18.4 Å². The second-order valence-corrected chi connectivity index (χ2v) is 9.23. The molecule has 1 aliphatic rings. The minimum absolute atomic E-state index is 0.229. The second-order valence-electron chi connectivity index (χ2n) is 9.23. The Morgan fingerprint density at radius 1 is 1.06 bits per heavy atom. The standard InChI is InChI=1S/C26H26N8O2/c1-15-8-16(4-7-23(15)36-19-5-6-22-20(11-19)30-14-33(22)2)31-25-24-21(28-13-29-25)12-27-26(32-24)34(3)17-9-18(35)10-17/h4-8,11-14,17-18,35H,9-10H2,1-3H3,(H,28,29,31)/t17-,18+. The molecule has 0 amide bonds. The second kappa shape index (κ2) is 8.72. The maximum atomic E-state index is 9.65. The van der Waals surface area contributed by atoms with Gasteiger partial charge in [0.15, 0.2) is 5.82 Å². The number of ether oxygens (including phenoxy) is 1. The van der Waals surface area contributed by atoms with Gasteiger partial charge >= 0.3 is 0 Å². The number of aryl methyl sites for hydroxylation is 2. The lowest BCUT2D eigenvalue weighted by atomic mass is 9.88. The Morgan fingerprint density at radius 2 is 1.92 bits per heavy atom. The SMILES string of the molecule is Cc1cc(Nc2ncnc3cnc(N(C)[C@H]4C[C@@H](O)C4)nc23)ccc1Oc1ccc2c(c1)ncn2C. The van der Waals surface area contributed by atoms with Crippen molar-refractivity contribution in [1.82, 2.24) is 29.5 Å². The lowest BCUT2D eigenvalue weighted by Gasteiger charge is -2.38. The summed E-state index contributed by atoms with van der Waals surface area (Å²) in [7, 11) is 3.92. The van der Waals surface area contributed by atoms with Crippen LogP contribution in [0.3, 0.4) is 0 Å². The van der Waals surface area contributed by atoms with Crippen molar-refractivity contribution >= 4 is 39.5 Å². The van der Waals surface area contributed by atoms with Gasteiger partial charge in [0.25, 0.3) is 0 Å². The van der Waals surface area contributed by atoms with Crippen LogP contribution >= 0.6 is 0 Å². The molecular weight excluding hydrogens is 456 g/mol. The van der Waals surface area contributed by atoms with E-state index in [1.165, 1.54) is 6.33 Å². The van der Waals surface area contributed by atoms with Gasteiger partial charge in [-0.3, -0.25) is 0 Å². The summed E-state index contributed by atoms with van der Waals surface area (Å²) in [5, 5.41) is 13.0. The zero-order valence-electron chi connectivity index (χ0n) is 20.3. The van der Waals surface area contributed by atoms with Gasteiger partial charge in [0.1, 0.15) is 28.9 Å². The van der Waals surface area contributed by atoms with E-state index in [0.29, 0.717) is 22.8 Å². The molecule has 182 valence electrons. The minimum Gasteiger partial charge on any atom is -0.457 e. The number of hydrogen-bond donors (Lipinski definition) is 2. The summed E-state index contributed by atoms with van der Waals surface area (Å²) < 4.78 is 8.12. The number of hydrogen-bond acceptors (Lipinski definition) is 9. The summed E-state index contributed by atoms with van der Waals surface area (Å²) in [5.74, 6) is 2.68. The largest absolute Gasteiger partial charge is 0.457 e. The van der Waals surface area contributed by atoms with Crippen molar-refractivity contribution in [3.05, 3.63) is 60.8 Å². The van der Waals surface area contributed by atoms with Crippen LogP contribution in [-0.4, -0.2) is 53.8 Å². The third-order valence-electron chi connectivity index (χ3n) is 6.68. The molecule has 1 saturated carbocycles. The Morgan fingerprint density at radius 3 is 2.72 bits per heavy atom. The summed E-state index contributed by atoms with van der Waals surface area (Å²) in [5.41, 5.74) is 5.06. The number of benzene rings is 2. The third kappa shape index (κ3) is 4.05. The summed E-state index contributed by atoms with van der Waals surface area (Å²) in [6.07, 6.45) is 6.19. The van der Waals surface area contributed by atoms with Crippen molar-refractivity contribution in [3.8, 4) is 11.5 Å². The van der Waals surface area contributed by atoms with Crippen LogP contribution in [0.4, 0.5) is 17.5 Å². The number of aromatic nitrogens is 6. The molecule has 3 heterocycles. The highest BCUT2D eigenvalue weighted by Gasteiger charge is 2.31. The quantitative estimate of drug-likeness (QED) is 0.369. The summed E-state index contributed by atoms with van der Waals surface area (Å²) in [4.78, 5) is 24.3. The average molecular weight is 483 g/mol. The lowest BCUT2D eigenvalue weighted by Crippen LogP contribution is -2.46. The molecular formula is C26H26N8O2. The molecule has 36 heavy (non-hydrogen) atoms. The zero-order chi connectivity index (χ0) is 24.8. The molecule has 0 spiro atoms. The monoisotopic (exact) mass is 482 g/mol. The molecule has 0 aliphatic heterocycles. The number of aliphatic hydroxyl groups is 1. The van der Waals surface area contributed by atoms with E-state index >= 15 is 0 Å². The number of rotatable bonds is 6. The third-order valence-corrected chi connectivity index (χ3v) is 6.68. The molecule has 0 radical (unpaired) electrons. The van der Waals surface area contributed by atoms with Gasteiger partial charge in [-0.1, -0.05) is 0 Å².